The second kappa shape index (κ2) is 17.9. The first-order valence-corrected chi connectivity index (χ1v) is 22.5. The van der Waals surface area contributed by atoms with Crippen molar-refractivity contribution in [3.05, 3.63) is 150 Å². The number of rotatable bonds is 15. The van der Waals surface area contributed by atoms with Crippen LogP contribution in [0.2, 0.25) is 0 Å². The van der Waals surface area contributed by atoms with Gasteiger partial charge in [-0.1, -0.05) is 48.5 Å². The Morgan fingerprint density at radius 3 is 1.26 bits per heavy atom. The molecule has 2 aliphatic heterocycles. The molecule has 0 aliphatic carbocycles. The number of aliphatic carboxylic acids is 2. The van der Waals surface area contributed by atoms with E-state index in [4.69, 9.17) is 9.97 Å². The maximum atomic E-state index is 13.5. The number of thiazole rings is 2. The Balaban J connectivity index is 0.918. The summed E-state index contributed by atoms with van der Waals surface area (Å²) in [5.74, 6) is -2.98. The van der Waals surface area contributed by atoms with Gasteiger partial charge in [0.15, 0.2) is 10.3 Å². The largest absolute Gasteiger partial charge is 0.481 e. The van der Waals surface area contributed by atoms with E-state index in [2.05, 4.69) is 0 Å². The highest BCUT2D eigenvalue weighted by molar-refractivity contribution is 8.01. The second-order valence-electron chi connectivity index (χ2n) is 14.2. The summed E-state index contributed by atoms with van der Waals surface area (Å²) in [6.45, 7) is 0. The van der Waals surface area contributed by atoms with Crippen LogP contribution in [0.4, 0.5) is 21.6 Å². The van der Waals surface area contributed by atoms with E-state index in [1.165, 1.54) is 80.3 Å². The third-order valence-corrected chi connectivity index (χ3v) is 14.7. The van der Waals surface area contributed by atoms with Crippen LogP contribution in [0.1, 0.15) is 45.8 Å². The SMILES string of the molecule is O=C(O)C[C@H]1S[C@H](c2ccc([N+](=O)[O-])cc2)N(c2nc(-c3ccc(CCc4ccc(-c5csc(N6C(=O)[C@@H](CC(=O)O)S[C@@H]6c6ccc([N+](=O)[O-])cc6)n5)cc4)cc3)cs2)C1=O. The number of carboxylic acid groups (broad SMARTS) is 2. The molecule has 0 unspecified atom stereocenters. The lowest BCUT2D eigenvalue weighted by atomic mass is 10.0. The minimum Gasteiger partial charge on any atom is -0.481 e. The third-order valence-electron chi connectivity index (χ3n) is 10.2. The van der Waals surface area contributed by atoms with Crippen LogP contribution in [-0.4, -0.2) is 64.3 Å². The monoisotopic (exact) mass is 908 g/mol. The van der Waals surface area contributed by atoms with Gasteiger partial charge in [-0.05, 0) is 59.4 Å². The van der Waals surface area contributed by atoms with E-state index >= 15 is 0 Å². The lowest BCUT2D eigenvalue weighted by molar-refractivity contribution is -0.385. The predicted molar refractivity (Wildman–Crippen MR) is 236 cm³/mol. The van der Waals surface area contributed by atoms with Gasteiger partial charge in [0.25, 0.3) is 11.4 Å². The molecule has 2 aromatic heterocycles. The standard InChI is InChI=1S/C42H32N6O10S4/c49-35(50)19-33-37(53)45(39(61-33)27-11-15-29(16-12-27)47(55)56)41-43-31(21-59-41)25-7-3-23(4-8-25)1-2-24-5-9-26(10-6-24)32-22-60-42(44-32)46-38(54)34(20-36(51)52)62-40(46)28-13-17-30(18-14-28)48(57)58/h3-18,21-22,33-34,39-40H,1-2,19-20H2,(H,49,50)(H,51,52)/t33-,34-,39-,40-/m1/s1. The smallest absolute Gasteiger partial charge is 0.305 e. The zero-order chi connectivity index (χ0) is 43.7. The Morgan fingerprint density at radius 1 is 0.581 bits per heavy atom. The summed E-state index contributed by atoms with van der Waals surface area (Å²) in [7, 11) is 0. The second-order valence-corrected chi connectivity index (χ2v) is 18.4. The van der Waals surface area contributed by atoms with Crippen LogP contribution in [-0.2, 0) is 32.0 Å². The minimum absolute atomic E-state index is 0.0929. The van der Waals surface area contributed by atoms with E-state index in [-0.39, 0.29) is 36.0 Å². The number of aromatic nitrogens is 2. The van der Waals surface area contributed by atoms with Crippen LogP contribution >= 0.6 is 46.2 Å². The molecule has 0 spiro atoms. The van der Waals surface area contributed by atoms with Gasteiger partial charge in [-0.2, -0.15) is 0 Å². The minimum atomic E-state index is -1.10. The van der Waals surface area contributed by atoms with E-state index in [0.29, 0.717) is 32.8 Å². The number of hydrogen-bond donors (Lipinski definition) is 2. The molecule has 2 saturated heterocycles. The molecule has 2 aliphatic rings. The van der Waals surface area contributed by atoms with Crippen LogP contribution in [0, 0.1) is 20.2 Å². The fourth-order valence-corrected chi connectivity index (χ4v) is 11.7. The van der Waals surface area contributed by atoms with Crippen molar-refractivity contribution in [2.24, 2.45) is 0 Å². The molecule has 2 N–H and O–H groups in total. The molecule has 62 heavy (non-hydrogen) atoms. The molecule has 2 amide bonds. The van der Waals surface area contributed by atoms with Crippen LogP contribution in [0.15, 0.2) is 108 Å². The van der Waals surface area contributed by atoms with Crippen molar-refractivity contribution in [3.63, 3.8) is 0 Å². The van der Waals surface area contributed by atoms with E-state index in [0.717, 1.165) is 35.1 Å². The summed E-state index contributed by atoms with van der Waals surface area (Å²) < 4.78 is 0. The van der Waals surface area contributed by atoms with Crippen LogP contribution in [0.3, 0.4) is 0 Å². The highest BCUT2D eigenvalue weighted by atomic mass is 32.2. The molecule has 4 aromatic carbocycles. The van der Waals surface area contributed by atoms with Gasteiger partial charge in [0.1, 0.15) is 10.7 Å². The number of anilines is 2. The maximum absolute atomic E-state index is 13.5. The zero-order valence-electron chi connectivity index (χ0n) is 32.0. The van der Waals surface area contributed by atoms with Crippen LogP contribution in [0.25, 0.3) is 22.5 Å². The van der Waals surface area contributed by atoms with Crippen molar-refractivity contribution in [2.45, 2.75) is 46.9 Å². The van der Waals surface area contributed by atoms with Gasteiger partial charge in [-0.25, -0.2) is 9.97 Å². The number of carboxylic acids is 2. The third kappa shape index (κ3) is 8.94. The van der Waals surface area contributed by atoms with E-state index in [9.17, 15) is 49.6 Å². The van der Waals surface area contributed by atoms with E-state index in [1.54, 1.807) is 24.3 Å². The number of non-ortho nitro benzene ring substituents is 2. The fourth-order valence-electron chi connectivity index (χ4n) is 7.03. The lowest BCUT2D eigenvalue weighted by Gasteiger charge is -2.21. The summed E-state index contributed by atoms with van der Waals surface area (Å²) in [6, 6.07) is 27.6. The fraction of sp³-hybridized carbons (Fsp3) is 0.190. The Hall–Kier alpha value is -6.48. The van der Waals surface area contributed by atoms with Gasteiger partial charge in [0.05, 0.1) is 44.6 Å². The number of aryl methyl sites for hydroxylation is 2. The van der Waals surface area contributed by atoms with Crippen molar-refractivity contribution in [1.82, 2.24) is 9.97 Å². The first kappa shape index (κ1) is 42.2. The topological polar surface area (TPSA) is 227 Å². The molecule has 8 rings (SSSR count). The van der Waals surface area contributed by atoms with Gasteiger partial charge in [-0.3, -0.25) is 49.2 Å². The molecule has 6 aromatic rings. The van der Waals surface area contributed by atoms with Gasteiger partial charge in [-0.15, -0.1) is 46.2 Å². The van der Waals surface area contributed by atoms with Crippen molar-refractivity contribution in [3.8, 4) is 22.5 Å². The summed E-state index contributed by atoms with van der Waals surface area (Å²) in [4.78, 5) is 84.0. The molecule has 20 heteroatoms. The summed E-state index contributed by atoms with van der Waals surface area (Å²) >= 11 is 4.88. The maximum Gasteiger partial charge on any atom is 0.305 e. The Kier molecular flexibility index (Phi) is 12.2. The van der Waals surface area contributed by atoms with Crippen molar-refractivity contribution in [2.75, 3.05) is 9.80 Å². The molecule has 0 radical (unpaired) electrons. The average Bonchev–Trinajstić information content (AvgIpc) is 4.07. The number of hydrogen-bond acceptors (Lipinski definition) is 14. The van der Waals surface area contributed by atoms with Crippen LogP contribution < -0.4 is 9.80 Å². The number of amides is 2. The van der Waals surface area contributed by atoms with Crippen LogP contribution in [0.5, 0.6) is 0 Å². The number of thioether (sulfide) groups is 2. The summed E-state index contributed by atoms with van der Waals surface area (Å²) in [5, 5.41) is 42.9. The molecule has 4 atom stereocenters. The Labute approximate surface area is 368 Å². The molecule has 16 nitrogen and oxygen atoms in total. The van der Waals surface area contributed by atoms with Crippen molar-refractivity contribution in [1.29, 1.82) is 0 Å². The highest BCUT2D eigenvalue weighted by Crippen LogP contribution is 2.49. The first-order chi connectivity index (χ1) is 29.8. The molecule has 4 heterocycles. The number of carbonyl (C=O) groups is 4. The first-order valence-electron chi connectivity index (χ1n) is 18.8. The number of carbonyl (C=O) groups excluding carboxylic acids is 2. The summed E-state index contributed by atoms with van der Waals surface area (Å²) in [5.41, 5.74) is 6.21. The molecule has 0 bridgehead atoms. The van der Waals surface area contributed by atoms with E-state index in [1.807, 2.05) is 59.3 Å². The highest BCUT2D eigenvalue weighted by Gasteiger charge is 2.45. The Morgan fingerprint density at radius 2 is 0.935 bits per heavy atom. The predicted octanol–water partition coefficient (Wildman–Crippen LogP) is 8.78. The zero-order valence-corrected chi connectivity index (χ0v) is 35.3. The molecular weight excluding hydrogens is 877 g/mol. The van der Waals surface area contributed by atoms with E-state index < -0.39 is 43.0 Å². The number of nitrogens with zero attached hydrogens (tertiary/aromatic N) is 6. The average molecular weight is 909 g/mol. The van der Waals surface area contributed by atoms with Crippen molar-refractivity contribution < 1.29 is 39.2 Å². The number of nitro benzene ring substituents is 2. The number of benzene rings is 4. The Bertz CT molecular complexity index is 2510. The summed E-state index contributed by atoms with van der Waals surface area (Å²) in [6.07, 6.45) is 0.771. The van der Waals surface area contributed by atoms with Gasteiger partial charge in [0.2, 0.25) is 11.8 Å². The van der Waals surface area contributed by atoms with Gasteiger partial charge < -0.3 is 10.2 Å². The van der Waals surface area contributed by atoms with Gasteiger partial charge >= 0.3 is 11.9 Å². The van der Waals surface area contributed by atoms with Crippen molar-refractivity contribution >= 4 is 91.6 Å². The molecule has 2 fully saturated rings. The molecular formula is C42H32N6O10S4. The lowest BCUT2D eigenvalue weighted by Crippen LogP contribution is -2.31. The number of nitro groups is 2. The normalized spacial score (nSPS) is 18.6. The molecule has 0 saturated carbocycles. The van der Waals surface area contributed by atoms with Gasteiger partial charge in [0, 0.05) is 46.2 Å². The molecule has 314 valence electrons. The quantitative estimate of drug-likeness (QED) is 0.0725.